The van der Waals surface area contributed by atoms with Crippen molar-refractivity contribution in [3.05, 3.63) is 76.1 Å². The zero-order valence-electron chi connectivity index (χ0n) is 15.9. The number of carbonyl (C=O) groups excluding carboxylic acids is 1. The molecule has 0 bridgehead atoms. The normalized spacial score (nSPS) is 10.7. The molecule has 0 aliphatic heterocycles. The quantitative estimate of drug-likeness (QED) is 0.655. The van der Waals surface area contributed by atoms with Gasteiger partial charge in [-0.2, -0.15) is 5.10 Å². The molecule has 27 heavy (non-hydrogen) atoms. The van der Waals surface area contributed by atoms with Crippen LogP contribution >= 0.6 is 11.6 Å². The number of nitrogens with zero attached hydrogens (tertiary/aromatic N) is 3. The number of rotatable bonds is 5. The van der Waals surface area contributed by atoms with Crippen LogP contribution in [0.3, 0.4) is 0 Å². The summed E-state index contributed by atoms with van der Waals surface area (Å²) in [4.78, 5) is 13.7. The predicted molar refractivity (Wildman–Crippen MR) is 107 cm³/mol. The maximum absolute atomic E-state index is 12.2. The number of hydrogen-bond acceptors (Lipinski definition) is 3. The maximum atomic E-state index is 12.2. The van der Waals surface area contributed by atoms with Gasteiger partial charge in [-0.05, 0) is 43.7 Å². The van der Waals surface area contributed by atoms with Crippen LogP contribution < -0.4 is 4.74 Å². The number of hydrogen-bond donors (Lipinski definition) is 0. The molecule has 3 aromatic rings. The van der Waals surface area contributed by atoms with E-state index in [1.165, 1.54) is 0 Å². The fourth-order valence-corrected chi connectivity index (χ4v) is 3.06. The Balaban J connectivity index is 1.85. The van der Waals surface area contributed by atoms with E-state index < -0.39 is 0 Å². The van der Waals surface area contributed by atoms with Crippen LogP contribution in [0.15, 0.2) is 48.5 Å². The molecule has 0 spiro atoms. The standard InChI is InChI=1S/C21H22ClN3O2/c1-14-10-11-16(21(26)24(3)4)12-19(14)27-13-18-15(2)23-25(20(18)22)17-8-6-5-7-9-17/h5-12H,13H2,1-4H3. The van der Waals surface area contributed by atoms with Crippen LogP contribution in [0.1, 0.15) is 27.2 Å². The molecule has 140 valence electrons. The second-order valence-electron chi connectivity index (χ2n) is 6.57. The summed E-state index contributed by atoms with van der Waals surface area (Å²) in [5.74, 6) is 0.594. The second-order valence-corrected chi connectivity index (χ2v) is 6.93. The van der Waals surface area contributed by atoms with Crippen molar-refractivity contribution in [1.82, 2.24) is 14.7 Å². The summed E-state index contributed by atoms with van der Waals surface area (Å²) in [7, 11) is 3.45. The summed E-state index contributed by atoms with van der Waals surface area (Å²) < 4.78 is 7.70. The Hall–Kier alpha value is -2.79. The number of para-hydroxylation sites is 1. The third-order valence-corrected chi connectivity index (χ3v) is 4.72. The first-order chi connectivity index (χ1) is 12.9. The third kappa shape index (κ3) is 3.98. The van der Waals surface area contributed by atoms with Gasteiger partial charge in [0.15, 0.2) is 0 Å². The summed E-state index contributed by atoms with van der Waals surface area (Å²) in [6.45, 7) is 4.13. The molecule has 0 aliphatic rings. The molecular weight excluding hydrogens is 362 g/mol. The van der Waals surface area contributed by atoms with Crippen LogP contribution in [0, 0.1) is 13.8 Å². The average Bonchev–Trinajstić information content (AvgIpc) is 2.95. The topological polar surface area (TPSA) is 47.4 Å². The van der Waals surface area contributed by atoms with Gasteiger partial charge in [-0.15, -0.1) is 0 Å². The molecule has 5 nitrogen and oxygen atoms in total. The molecule has 2 aromatic carbocycles. The highest BCUT2D eigenvalue weighted by Gasteiger charge is 2.16. The fraction of sp³-hybridized carbons (Fsp3) is 0.238. The molecule has 0 N–H and O–H groups in total. The van der Waals surface area contributed by atoms with E-state index in [1.54, 1.807) is 35.8 Å². The summed E-state index contributed by atoms with van der Waals surface area (Å²) in [6, 6.07) is 15.2. The maximum Gasteiger partial charge on any atom is 0.253 e. The second kappa shape index (κ2) is 7.84. The van der Waals surface area contributed by atoms with Gasteiger partial charge in [-0.1, -0.05) is 35.9 Å². The van der Waals surface area contributed by atoms with E-state index in [0.29, 0.717) is 16.5 Å². The van der Waals surface area contributed by atoms with Gasteiger partial charge in [0.05, 0.1) is 11.4 Å². The van der Waals surface area contributed by atoms with E-state index in [9.17, 15) is 4.79 Å². The van der Waals surface area contributed by atoms with Crippen molar-refractivity contribution in [3.63, 3.8) is 0 Å². The lowest BCUT2D eigenvalue weighted by molar-refractivity contribution is 0.0827. The van der Waals surface area contributed by atoms with Gasteiger partial charge in [-0.3, -0.25) is 4.79 Å². The number of aromatic nitrogens is 2. The van der Waals surface area contributed by atoms with Crippen LogP contribution in [0.2, 0.25) is 5.15 Å². The van der Waals surface area contributed by atoms with Crippen LogP contribution in [0.5, 0.6) is 5.75 Å². The summed E-state index contributed by atoms with van der Waals surface area (Å²) in [5, 5.41) is 5.05. The van der Waals surface area contributed by atoms with Crippen molar-refractivity contribution in [3.8, 4) is 11.4 Å². The largest absolute Gasteiger partial charge is 0.488 e. The minimum absolute atomic E-state index is 0.0639. The van der Waals surface area contributed by atoms with E-state index >= 15 is 0 Å². The lowest BCUT2D eigenvalue weighted by Gasteiger charge is -2.14. The van der Waals surface area contributed by atoms with Gasteiger partial charge in [0, 0.05) is 25.2 Å². The van der Waals surface area contributed by atoms with Crippen LogP contribution in [0.4, 0.5) is 0 Å². The lowest BCUT2D eigenvalue weighted by atomic mass is 10.1. The SMILES string of the molecule is Cc1ccc(C(=O)N(C)C)cc1OCc1c(C)nn(-c2ccccc2)c1Cl. The van der Waals surface area contributed by atoms with Gasteiger partial charge < -0.3 is 9.64 Å². The molecule has 0 saturated carbocycles. The molecule has 1 aromatic heterocycles. The van der Waals surface area contributed by atoms with E-state index in [0.717, 1.165) is 22.5 Å². The highest BCUT2D eigenvalue weighted by Crippen LogP contribution is 2.27. The molecular formula is C21H22ClN3O2. The first kappa shape index (κ1) is 19.0. The Morgan fingerprint density at radius 3 is 2.52 bits per heavy atom. The number of halogens is 1. The average molecular weight is 384 g/mol. The molecule has 1 heterocycles. The first-order valence-corrected chi connectivity index (χ1v) is 9.00. The van der Waals surface area contributed by atoms with Gasteiger partial charge in [0.1, 0.15) is 17.5 Å². The summed E-state index contributed by atoms with van der Waals surface area (Å²) >= 11 is 6.55. The number of aryl methyl sites for hydroxylation is 2. The Kier molecular flexibility index (Phi) is 5.51. The third-order valence-electron chi connectivity index (χ3n) is 4.34. The van der Waals surface area contributed by atoms with Crippen molar-refractivity contribution in [1.29, 1.82) is 0 Å². The molecule has 1 amide bonds. The van der Waals surface area contributed by atoms with Gasteiger partial charge >= 0.3 is 0 Å². The van der Waals surface area contributed by atoms with Crippen molar-refractivity contribution >= 4 is 17.5 Å². The summed E-state index contributed by atoms with van der Waals surface area (Å²) in [6.07, 6.45) is 0. The predicted octanol–water partition coefficient (Wildman–Crippen LogP) is 4.42. The summed E-state index contributed by atoms with van der Waals surface area (Å²) in [5.41, 5.74) is 4.07. The van der Waals surface area contributed by atoms with Crippen molar-refractivity contribution in [2.24, 2.45) is 0 Å². The minimum Gasteiger partial charge on any atom is -0.488 e. The lowest BCUT2D eigenvalue weighted by Crippen LogP contribution is -2.21. The van der Waals surface area contributed by atoms with Crippen LogP contribution in [-0.4, -0.2) is 34.7 Å². The monoisotopic (exact) mass is 383 g/mol. The Morgan fingerprint density at radius 1 is 1.15 bits per heavy atom. The number of ether oxygens (including phenoxy) is 1. The molecule has 0 atom stereocenters. The molecule has 0 fully saturated rings. The van der Waals surface area contributed by atoms with E-state index in [-0.39, 0.29) is 12.5 Å². The highest BCUT2D eigenvalue weighted by molar-refractivity contribution is 6.30. The molecule has 0 radical (unpaired) electrons. The Morgan fingerprint density at radius 2 is 1.85 bits per heavy atom. The van der Waals surface area contributed by atoms with Crippen molar-refractivity contribution in [2.75, 3.05) is 14.1 Å². The first-order valence-electron chi connectivity index (χ1n) is 8.63. The molecule has 0 unspecified atom stereocenters. The minimum atomic E-state index is -0.0639. The fourth-order valence-electron chi connectivity index (χ4n) is 2.73. The van der Waals surface area contributed by atoms with Crippen LogP contribution in [0.25, 0.3) is 5.69 Å². The van der Waals surface area contributed by atoms with E-state index in [1.807, 2.05) is 50.2 Å². The van der Waals surface area contributed by atoms with Crippen LogP contribution in [-0.2, 0) is 6.61 Å². The highest BCUT2D eigenvalue weighted by atomic mass is 35.5. The zero-order valence-corrected chi connectivity index (χ0v) is 16.6. The molecule has 3 rings (SSSR count). The van der Waals surface area contributed by atoms with E-state index in [4.69, 9.17) is 16.3 Å². The van der Waals surface area contributed by atoms with Crippen molar-refractivity contribution in [2.45, 2.75) is 20.5 Å². The Bertz CT molecular complexity index is 965. The van der Waals surface area contributed by atoms with Gasteiger partial charge in [-0.25, -0.2) is 4.68 Å². The van der Waals surface area contributed by atoms with Crippen molar-refractivity contribution < 1.29 is 9.53 Å². The molecule has 0 aliphatic carbocycles. The molecule has 6 heteroatoms. The van der Waals surface area contributed by atoms with Gasteiger partial charge in [0.25, 0.3) is 5.91 Å². The van der Waals surface area contributed by atoms with Gasteiger partial charge in [0.2, 0.25) is 0 Å². The zero-order chi connectivity index (χ0) is 19.6. The Labute approximate surface area is 164 Å². The van der Waals surface area contributed by atoms with E-state index in [2.05, 4.69) is 5.10 Å². The number of benzene rings is 2. The molecule has 0 saturated heterocycles. The number of amides is 1. The number of carbonyl (C=O) groups is 1. The smallest absolute Gasteiger partial charge is 0.253 e.